The molecule has 0 atom stereocenters. The summed E-state index contributed by atoms with van der Waals surface area (Å²) < 4.78 is 18.0. The van der Waals surface area contributed by atoms with Crippen LogP contribution in [0.4, 0.5) is 4.39 Å². The fourth-order valence-electron chi connectivity index (χ4n) is 2.42. The van der Waals surface area contributed by atoms with Crippen molar-refractivity contribution in [2.45, 2.75) is 24.7 Å². The standard InChI is InChI=1S/C16H24FN3O.HI/c1-18-15(19-10-3-11-21-2)20-12-16(8-9-16)13-4-6-14(17)7-5-13;/h4-7H,3,8-12H2,1-2H3,(H2,18,19,20);1H. The molecule has 6 heteroatoms. The third kappa shape index (κ3) is 5.39. The van der Waals surface area contributed by atoms with Crippen LogP contribution in [-0.4, -0.2) is 39.8 Å². The Hall–Kier alpha value is -0.890. The number of guanidine groups is 1. The maximum Gasteiger partial charge on any atom is 0.191 e. The van der Waals surface area contributed by atoms with Crippen LogP contribution in [0.1, 0.15) is 24.8 Å². The second-order valence-corrected chi connectivity index (χ2v) is 5.49. The summed E-state index contributed by atoms with van der Waals surface area (Å²) >= 11 is 0. The molecule has 124 valence electrons. The zero-order chi connectivity index (χ0) is 15.1. The Balaban J connectivity index is 0.00000242. The van der Waals surface area contributed by atoms with Gasteiger partial charge in [0.15, 0.2) is 5.96 Å². The van der Waals surface area contributed by atoms with E-state index in [0.717, 1.165) is 44.9 Å². The topological polar surface area (TPSA) is 45.7 Å². The van der Waals surface area contributed by atoms with Crippen molar-refractivity contribution in [3.8, 4) is 0 Å². The van der Waals surface area contributed by atoms with E-state index in [-0.39, 0.29) is 35.2 Å². The fraction of sp³-hybridized carbons (Fsp3) is 0.562. The molecular weight excluding hydrogens is 396 g/mol. The lowest BCUT2D eigenvalue weighted by molar-refractivity contribution is 0.195. The van der Waals surface area contributed by atoms with Crippen LogP contribution in [-0.2, 0) is 10.2 Å². The van der Waals surface area contributed by atoms with E-state index >= 15 is 0 Å². The molecule has 22 heavy (non-hydrogen) atoms. The number of benzene rings is 1. The molecule has 0 spiro atoms. The summed E-state index contributed by atoms with van der Waals surface area (Å²) in [5, 5.41) is 6.63. The van der Waals surface area contributed by atoms with E-state index in [2.05, 4.69) is 15.6 Å². The second kappa shape index (κ2) is 9.29. The first-order valence-corrected chi connectivity index (χ1v) is 7.40. The monoisotopic (exact) mass is 421 g/mol. The van der Waals surface area contributed by atoms with Crippen molar-refractivity contribution in [2.24, 2.45) is 4.99 Å². The largest absolute Gasteiger partial charge is 0.385 e. The molecule has 0 amide bonds. The van der Waals surface area contributed by atoms with Gasteiger partial charge in [0, 0.05) is 39.3 Å². The van der Waals surface area contributed by atoms with Gasteiger partial charge >= 0.3 is 0 Å². The minimum atomic E-state index is -0.182. The maximum absolute atomic E-state index is 13.0. The van der Waals surface area contributed by atoms with Gasteiger partial charge in [-0.05, 0) is 37.0 Å². The smallest absolute Gasteiger partial charge is 0.191 e. The predicted molar refractivity (Wildman–Crippen MR) is 98.6 cm³/mol. The molecule has 0 bridgehead atoms. The minimum Gasteiger partial charge on any atom is -0.385 e. The van der Waals surface area contributed by atoms with Gasteiger partial charge < -0.3 is 15.4 Å². The molecule has 0 unspecified atom stereocenters. The number of methoxy groups -OCH3 is 1. The van der Waals surface area contributed by atoms with Gasteiger partial charge in [-0.1, -0.05) is 12.1 Å². The zero-order valence-electron chi connectivity index (χ0n) is 13.2. The molecule has 0 heterocycles. The van der Waals surface area contributed by atoms with Gasteiger partial charge in [-0.2, -0.15) is 0 Å². The lowest BCUT2D eigenvalue weighted by Crippen LogP contribution is -2.41. The molecule has 1 fully saturated rings. The van der Waals surface area contributed by atoms with E-state index < -0.39 is 0 Å². The third-order valence-electron chi connectivity index (χ3n) is 3.95. The molecule has 2 rings (SSSR count). The quantitative estimate of drug-likeness (QED) is 0.308. The van der Waals surface area contributed by atoms with Gasteiger partial charge in [0.05, 0.1) is 0 Å². The number of halogens is 2. The minimum absolute atomic E-state index is 0. The van der Waals surface area contributed by atoms with Gasteiger partial charge in [0.2, 0.25) is 0 Å². The summed E-state index contributed by atoms with van der Waals surface area (Å²) in [7, 11) is 3.47. The van der Waals surface area contributed by atoms with Crippen molar-refractivity contribution in [1.29, 1.82) is 0 Å². The van der Waals surface area contributed by atoms with E-state index in [0.29, 0.717) is 0 Å². The molecule has 0 saturated heterocycles. The molecule has 1 saturated carbocycles. The van der Waals surface area contributed by atoms with Crippen LogP contribution < -0.4 is 10.6 Å². The van der Waals surface area contributed by atoms with Crippen molar-refractivity contribution in [1.82, 2.24) is 10.6 Å². The maximum atomic E-state index is 13.0. The lowest BCUT2D eigenvalue weighted by atomic mass is 9.96. The van der Waals surface area contributed by atoms with Gasteiger partial charge in [-0.3, -0.25) is 4.99 Å². The SMILES string of the molecule is CN=C(NCCCOC)NCC1(c2ccc(F)cc2)CC1.I. The summed E-state index contributed by atoms with van der Waals surface area (Å²) in [5.74, 6) is 0.623. The van der Waals surface area contributed by atoms with E-state index in [1.807, 2.05) is 12.1 Å². The van der Waals surface area contributed by atoms with Gasteiger partial charge in [-0.15, -0.1) is 24.0 Å². The Morgan fingerprint density at radius 1 is 1.27 bits per heavy atom. The lowest BCUT2D eigenvalue weighted by Gasteiger charge is -2.19. The number of nitrogens with one attached hydrogen (secondary N) is 2. The summed E-state index contributed by atoms with van der Waals surface area (Å²) in [6.07, 6.45) is 3.21. The third-order valence-corrected chi connectivity index (χ3v) is 3.95. The van der Waals surface area contributed by atoms with Crippen LogP contribution in [0, 0.1) is 5.82 Å². The molecular formula is C16H25FIN3O. The normalized spacial score (nSPS) is 15.9. The molecule has 0 aromatic heterocycles. The van der Waals surface area contributed by atoms with Crippen molar-refractivity contribution < 1.29 is 9.13 Å². The Morgan fingerprint density at radius 2 is 1.95 bits per heavy atom. The van der Waals surface area contributed by atoms with Crippen molar-refractivity contribution in [2.75, 3.05) is 33.9 Å². The number of rotatable bonds is 7. The molecule has 1 aliphatic rings. The first-order chi connectivity index (χ1) is 10.2. The average molecular weight is 421 g/mol. The molecule has 4 nitrogen and oxygen atoms in total. The Kier molecular flexibility index (Phi) is 8.09. The van der Waals surface area contributed by atoms with Crippen LogP contribution >= 0.6 is 24.0 Å². The average Bonchev–Trinajstić information content (AvgIpc) is 3.28. The first kappa shape index (κ1) is 19.2. The highest BCUT2D eigenvalue weighted by molar-refractivity contribution is 14.0. The second-order valence-electron chi connectivity index (χ2n) is 5.49. The number of nitrogens with zero attached hydrogens (tertiary/aromatic N) is 1. The Morgan fingerprint density at radius 3 is 2.50 bits per heavy atom. The van der Waals surface area contributed by atoms with Crippen LogP contribution in [0.5, 0.6) is 0 Å². The Labute approximate surface area is 148 Å². The summed E-state index contributed by atoms with van der Waals surface area (Å²) in [5.41, 5.74) is 1.34. The summed E-state index contributed by atoms with van der Waals surface area (Å²) in [6, 6.07) is 6.85. The van der Waals surface area contributed by atoms with Crippen molar-refractivity contribution >= 4 is 29.9 Å². The molecule has 1 aliphatic carbocycles. The summed E-state index contributed by atoms with van der Waals surface area (Å²) in [6.45, 7) is 2.39. The van der Waals surface area contributed by atoms with E-state index in [4.69, 9.17) is 4.74 Å². The Bertz CT molecular complexity index is 475. The molecule has 0 radical (unpaired) electrons. The number of hydrogen-bond donors (Lipinski definition) is 2. The number of hydrogen-bond acceptors (Lipinski definition) is 2. The number of ether oxygens (including phenoxy) is 1. The highest BCUT2D eigenvalue weighted by Crippen LogP contribution is 2.47. The highest BCUT2D eigenvalue weighted by Gasteiger charge is 2.44. The molecule has 2 N–H and O–H groups in total. The number of aliphatic imine (C=N–C) groups is 1. The highest BCUT2D eigenvalue weighted by atomic mass is 127. The molecule has 0 aliphatic heterocycles. The van der Waals surface area contributed by atoms with E-state index in [1.54, 1.807) is 14.2 Å². The zero-order valence-corrected chi connectivity index (χ0v) is 15.5. The van der Waals surface area contributed by atoms with Gasteiger partial charge in [0.25, 0.3) is 0 Å². The van der Waals surface area contributed by atoms with Crippen LogP contribution in [0.25, 0.3) is 0 Å². The van der Waals surface area contributed by atoms with Crippen LogP contribution in [0.15, 0.2) is 29.3 Å². The fourth-order valence-corrected chi connectivity index (χ4v) is 2.42. The predicted octanol–water partition coefficient (Wildman–Crippen LogP) is 2.68. The van der Waals surface area contributed by atoms with Gasteiger partial charge in [-0.25, -0.2) is 4.39 Å². The van der Waals surface area contributed by atoms with Crippen molar-refractivity contribution in [3.63, 3.8) is 0 Å². The summed E-state index contributed by atoms with van der Waals surface area (Å²) in [4.78, 5) is 4.22. The van der Waals surface area contributed by atoms with Gasteiger partial charge in [0.1, 0.15) is 5.82 Å². The van der Waals surface area contributed by atoms with Crippen LogP contribution in [0.2, 0.25) is 0 Å². The molecule has 1 aromatic rings. The van der Waals surface area contributed by atoms with Crippen LogP contribution in [0.3, 0.4) is 0 Å². The van der Waals surface area contributed by atoms with Crippen molar-refractivity contribution in [3.05, 3.63) is 35.6 Å². The first-order valence-electron chi connectivity index (χ1n) is 7.40. The van der Waals surface area contributed by atoms with E-state index in [9.17, 15) is 4.39 Å². The molecule has 1 aromatic carbocycles. The van der Waals surface area contributed by atoms with E-state index in [1.165, 1.54) is 17.7 Å².